The van der Waals surface area contributed by atoms with Gasteiger partial charge >= 0.3 is 25.7 Å². The summed E-state index contributed by atoms with van der Waals surface area (Å²) in [4.78, 5) is 45.9. The topological polar surface area (TPSA) is 192 Å². The van der Waals surface area contributed by atoms with Gasteiger partial charge < -0.3 is 30.3 Å². The van der Waals surface area contributed by atoms with E-state index in [1.807, 2.05) is 24.3 Å². The summed E-state index contributed by atoms with van der Waals surface area (Å²) < 4.78 is 32.5. The van der Waals surface area contributed by atoms with Crippen LogP contribution in [0.25, 0.3) is 0 Å². The molecule has 0 spiro atoms. The smallest absolute Gasteiger partial charge is 0.472 e. The van der Waals surface area contributed by atoms with Crippen LogP contribution in [-0.4, -0.2) is 71.1 Å². The molecule has 57 heavy (non-hydrogen) atoms. The van der Waals surface area contributed by atoms with Crippen molar-refractivity contribution in [3.63, 3.8) is 0 Å². The number of phosphoric acid groups is 1. The van der Waals surface area contributed by atoms with Gasteiger partial charge in [-0.3, -0.25) is 23.4 Å². The average molecular weight is 822 g/mol. The number of aliphatic hydroxyl groups is 1. The van der Waals surface area contributed by atoms with Crippen LogP contribution in [0.5, 0.6) is 0 Å². The highest BCUT2D eigenvalue weighted by molar-refractivity contribution is 7.47. The third-order valence-corrected chi connectivity index (χ3v) is 9.15. The number of carbonyl (C=O) groups is 3. The molecule has 0 saturated heterocycles. The Hall–Kier alpha value is -3.38. The molecule has 0 bridgehead atoms. The van der Waals surface area contributed by atoms with Crippen molar-refractivity contribution >= 4 is 25.7 Å². The van der Waals surface area contributed by atoms with Gasteiger partial charge in [0.25, 0.3) is 0 Å². The van der Waals surface area contributed by atoms with Crippen molar-refractivity contribution in [3.8, 4) is 0 Å². The van der Waals surface area contributed by atoms with Crippen LogP contribution >= 0.6 is 7.82 Å². The first kappa shape index (κ1) is 53.6. The Morgan fingerprint density at radius 3 is 1.74 bits per heavy atom. The fraction of sp³-hybridized carbons (Fsp3) is 0.614. The lowest BCUT2D eigenvalue weighted by Crippen LogP contribution is -2.34. The summed E-state index contributed by atoms with van der Waals surface area (Å²) in [6.45, 7) is 2.43. The van der Waals surface area contributed by atoms with Crippen LogP contribution in [0.15, 0.2) is 85.1 Å². The highest BCUT2D eigenvalue weighted by Gasteiger charge is 2.28. The Morgan fingerprint density at radius 1 is 0.632 bits per heavy atom. The lowest BCUT2D eigenvalue weighted by molar-refractivity contribution is -0.161. The van der Waals surface area contributed by atoms with Crippen molar-refractivity contribution in [1.82, 2.24) is 0 Å². The first-order valence-electron chi connectivity index (χ1n) is 20.7. The second kappa shape index (κ2) is 38.2. The molecule has 0 aliphatic carbocycles. The molecule has 0 saturated carbocycles. The van der Waals surface area contributed by atoms with Gasteiger partial charge in [0, 0.05) is 12.8 Å². The van der Waals surface area contributed by atoms with E-state index >= 15 is 0 Å². The highest BCUT2D eigenvalue weighted by atomic mass is 31.2. The maximum Gasteiger partial charge on any atom is 0.472 e. The summed E-state index contributed by atoms with van der Waals surface area (Å²) >= 11 is 0. The van der Waals surface area contributed by atoms with Crippen molar-refractivity contribution in [3.05, 3.63) is 85.1 Å². The van der Waals surface area contributed by atoms with Crippen molar-refractivity contribution in [2.75, 3.05) is 19.8 Å². The molecule has 0 amide bonds. The molecule has 0 aliphatic heterocycles. The van der Waals surface area contributed by atoms with Crippen LogP contribution in [0.4, 0.5) is 0 Å². The fourth-order valence-corrected chi connectivity index (χ4v) is 5.69. The highest BCUT2D eigenvalue weighted by Crippen LogP contribution is 2.43. The number of hydrogen-bond donors (Lipinski definition) is 4. The summed E-state index contributed by atoms with van der Waals surface area (Å²) in [5.41, 5.74) is 5.32. The van der Waals surface area contributed by atoms with Crippen molar-refractivity contribution in [1.29, 1.82) is 0 Å². The molecule has 0 radical (unpaired) electrons. The number of allylic oxidation sites excluding steroid dienone is 13. The van der Waals surface area contributed by atoms with Gasteiger partial charge in [0.15, 0.2) is 6.10 Å². The zero-order chi connectivity index (χ0) is 42.2. The minimum Gasteiger partial charge on any atom is -0.480 e. The molecule has 0 aromatic heterocycles. The quantitative estimate of drug-likeness (QED) is 0.0201. The standard InChI is InChI=1S/C44H72NO11P/c1-3-5-7-8-9-10-11-12-13-14-19-22-25-28-31-35-43(48)56-40(37-54-57(51,52)55-38-41(45)44(49)50)36-53-42(47)34-30-27-24-21-18-16-15-17-20-23-26-29-33-39(46)32-6-4-2/h5,7,9-10,12-13,15-16,20-21,23-24,29,33,39-41,46H,3-4,6,8,11,14,17-19,22,25-28,30-32,34-38,45H2,1-2H3,(H,49,50)(H,51,52)/b7-5-,10-9-,13-12-,16-15-,23-20-,24-21-,33-29-/t39-,40+,41-/m0/s1. The maximum atomic E-state index is 12.6. The molecule has 0 fully saturated rings. The van der Waals surface area contributed by atoms with Crippen LogP contribution in [0.2, 0.25) is 0 Å². The number of aliphatic carboxylic acids is 1. The van der Waals surface area contributed by atoms with E-state index in [9.17, 15) is 28.9 Å². The Bertz CT molecular complexity index is 1300. The number of esters is 2. The van der Waals surface area contributed by atoms with E-state index < -0.39 is 57.7 Å². The fourth-order valence-electron chi connectivity index (χ4n) is 4.91. The minimum absolute atomic E-state index is 0.117. The zero-order valence-corrected chi connectivity index (χ0v) is 35.4. The molecule has 12 nitrogen and oxygen atoms in total. The SMILES string of the molecule is CC/C=C\C/C=C\C/C=C\CCCCCCCC(=O)O[C@H](COC(=O)CCC/C=C\C/C=C\C/C=C\C/C=C\[C@@H](O)CCCC)COP(=O)(O)OC[C@H](N)C(=O)O. The van der Waals surface area contributed by atoms with E-state index in [1.54, 1.807) is 0 Å². The van der Waals surface area contributed by atoms with E-state index in [-0.39, 0.29) is 18.9 Å². The number of carboxylic acids is 1. The first-order chi connectivity index (χ1) is 27.5. The number of phosphoric ester groups is 1. The van der Waals surface area contributed by atoms with Crippen molar-refractivity contribution in [2.24, 2.45) is 5.73 Å². The summed E-state index contributed by atoms with van der Waals surface area (Å²) in [5.74, 6) is -2.51. The van der Waals surface area contributed by atoms with Gasteiger partial charge in [0.1, 0.15) is 12.6 Å². The van der Waals surface area contributed by atoms with Gasteiger partial charge in [-0.25, -0.2) is 4.57 Å². The van der Waals surface area contributed by atoms with Gasteiger partial charge in [-0.1, -0.05) is 131 Å². The molecule has 0 aromatic rings. The second-order valence-electron chi connectivity index (χ2n) is 13.6. The summed E-state index contributed by atoms with van der Waals surface area (Å²) in [6, 6.07) is -1.54. The summed E-state index contributed by atoms with van der Waals surface area (Å²) in [7, 11) is -4.75. The van der Waals surface area contributed by atoms with Crippen molar-refractivity contribution < 1.29 is 52.6 Å². The van der Waals surface area contributed by atoms with Gasteiger partial charge in [-0.15, -0.1) is 0 Å². The molecule has 0 aromatic carbocycles. The van der Waals surface area contributed by atoms with E-state index in [4.69, 9.17) is 24.8 Å². The molecule has 324 valence electrons. The van der Waals surface area contributed by atoms with E-state index in [0.717, 1.165) is 89.9 Å². The largest absolute Gasteiger partial charge is 0.480 e. The number of unbranched alkanes of at least 4 members (excludes halogenated alkanes) is 7. The molecule has 0 aliphatic rings. The molecule has 5 N–H and O–H groups in total. The third-order valence-electron chi connectivity index (χ3n) is 8.20. The predicted octanol–water partition coefficient (Wildman–Crippen LogP) is 9.69. The average Bonchev–Trinajstić information content (AvgIpc) is 3.18. The summed E-state index contributed by atoms with van der Waals surface area (Å²) in [6.07, 6.45) is 42.8. The number of rotatable bonds is 37. The predicted molar refractivity (Wildman–Crippen MR) is 227 cm³/mol. The van der Waals surface area contributed by atoms with Crippen LogP contribution < -0.4 is 5.73 Å². The molecule has 13 heteroatoms. The zero-order valence-electron chi connectivity index (χ0n) is 34.5. The first-order valence-corrected chi connectivity index (χ1v) is 22.2. The molecule has 0 rings (SSSR count). The van der Waals surface area contributed by atoms with E-state index in [2.05, 4.69) is 79.1 Å². The minimum atomic E-state index is -4.75. The Labute approximate surface area is 342 Å². The van der Waals surface area contributed by atoms with Gasteiger partial charge in [-0.05, 0) is 77.0 Å². The molecular weight excluding hydrogens is 749 g/mol. The van der Waals surface area contributed by atoms with Crippen LogP contribution in [-0.2, 0) is 37.5 Å². The molecule has 1 unspecified atom stereocenters. The third kappa shape index (κ3) is 37.9. The van der Waals surface area contributed by atoms with Crippen LogP contribution in [0, 0.1) is 0 Å². The van der Waals surface area contributed by atoms with Crippen LogP contribution in [0.3, 0.4) is 0 Å². The Morgan fingerprint density at radius 2 is 1.14 bits per heavy atom. The normalized spacial score (nSPS) is 15.2. The van der Waals surface area contributed by atoms with Gasteiger partial charge in [0.2, 0.25) is 0 Å². The number of hydrogen-bond acceptors (Lipinski definition) is 10. The second-order valence-corrected chi connectivity index (χ2v) is 15.0. The number of carbonyl (C=O) groups excluding carboxylic acids is 2. The van der Waals surface area contributed by atoms with Gasteiger partial charge in [0.05, 0.1) is 19.3 Å². The Kier molecular flexibility index (Phi) is 35.9. The van der Waals surface area contributed by atoms with Crippen LogP contribution in [0.1, 0.15) is 136 Å². The van der Waals surface area contributed by atoms with E-state index in [0.29, 0.717) is 19.3 Å². The number of ether oxygens (including phenoxy) is 2. The maximum absolute atomic E-state index is 12.6. The molecular formula is C44H72NO11P. The van der Waals surface area contributed by atoms with E-state index in [1.165, 1.54) is 0 Å². The monoisotopic (exact) mass is 821 g/mol. The van der Waals surface area contributed by atoms with Crippen molar-refractivity contribution in [2.45, 2.75) is 154 Å². The molecule has 4 atom stereocenters. The Balaban J connectivity index is 4.56. The lowest BCUT2D eigenvalue weighted by Gasteiger charge is -2.20. The van der Waals surface area contributed by atoms with Gasteiger partial charge in [-0.2, -0.15) is 0 Å². The number of aliphatic hydroxyl groups excluding tert-OH is 1. The number of carboxylic acid groups (broad SMARTS) is 1. The number of nitrogens with two attached hydrogens (primary N) is 1. The summed E-state index contributed by atoms with van der Waals surface area (Å²) in [5, 5.41) is 18.7. The molecule has 0 heterocycles. The lowest BCUT2D eigenvalue weighted by atomic mass is 10.1.